The fourth-order valence-electron chi connectivity index (χ4n) is 3.58. The number of ether oxygens (including phenoxy) is 2. The minimum atomic E-state index is -0.539. The molecule has 138 valence electrons. The van der Waals surface area contributed by atoms with Gasteiger partial charge in [-0.2, -0.15) is 5.10 Å². The van der Waals surface area contributed by atoms with Crippen molar-refractivity contribution in [3.63, 3.8) is 0 Å². The lowest BCUT2D eigenvalue weighted by Crippen LogP contribution is -2.60. The first-order valence-electron chi connectivity index (χ1n) is 8.76. The number of rotatable bonds is 3. The normalized spacial score (nSPS) is 24.8. The van der Waals surface area contributed by atoms with Crippen LogP contribution >= 0.6 is 0 Å². The monoisotopic (exact) mass is 357 g/mol. The van der Waals surface area contributed by atoms with E-state index in [4.69, 9.17) is 9.47 Å². The molecule has 0 radical (unpaired) electrons. The number of aryl methyl sites for hydroxylation is 1. The van der Waals surface area contributed by atoms with Gasteiger partial charge in [0.05, 0.1) is 37.8 Å². The van der Waals surface area contributed by atoms with E-state index in [0.29, 0.717) is 26.3 Å². The number of carbonyl (C=O) groups is 1. The molecule has 0 bridgehead atoms. The van der Waals surface area contributed by atoms with Crippen molar-refractivity contribution in [3.8, 4) is 0 Å². The molecule has 0 saturated carbocycles. The number of morpholine rings is 1. The fraction of sp³-hybridized carbons (Fsp3) is 0.500. The van der Waals surface area contributed by atoms with E-state index < -0.39 is 5.60 Å². The first-order valence-corrected chi connectivity index (χ1v) is 8.76. The zero-order valence-electron chi connectivity index (χ0n) is 14.9. The highest BCUT2D eigenvalue weighted by molar-refractivity contribution is 5.95. The van der Waals surface area contributed by atoms with Crippen LogP contribution in [0.5, 0.6) is 0 Å². The summed E-state index contributed by atoms with van der Waals surface area (Å²) in [4.78, 5) is 20.6. The number of nitrogens with zero attached hydrogens (tertiary/aromatic N) is 5. The molecular weight excluding hydrogens is 334 g/mol. The molecule has 1 unspecified atom stereocenters. The molecule has 2 aromatic rings. The topological polar surface area (TPSA) is 72.7 Å². The summed E-state index contributed by atoms with van der Waals surface area (Å²) in [6, 6.07) is 3.73. The zero-order valence-corrected chi connectivity index (χ0v) is 14.9. The van der Waals surface area contributed by atoms with Crippen LogP contribution in [-0.2, 0) is 27.9 Å². The molecule has 2 aliphatic heterocycles. The number of anilines is 1. The lowest BCUT2D eigenvalue weighted by atomic mass is 10.0. The lowest BCUT2D eigenvalue weighted by Gasteiger charge is -2.42. The zero-order chi connectivity index (χ0) is 18.0. The van der Waals surface area contributed by atoms with E-state index in [2.05, 4.69) is 15.0 Å². The average Bonchev–Trinajstić information content (AvgIpc) is 2.95. The molecule has 1 spiro atoms. The predicted octanol–water partition coefficient (Wildman–Crippen LogP) is 0.450. The Morgan fingerprint density at radius 1 is 1.31 bits per heavy atom. The van der Waals surface area contributed by atoms with E-state index in [1.807, 2.05) is 31.6 Å². The van der Waals surface area contributed by atoms with Gasteiger partial charge in [-0.1, -0.05) is 0 Å². The van der Waals surface area contributed by atoms with Crippen molar-refractivity contribution < 1.29 is 14.3 Å². The third-order valence-corrected chi connectivity index (χ3v) is 4.80. The van der Waals surface area contributed by atoms with Gasteiger partial charge in [0.2, 0.25) is 0 Å². The highest BCUT2D eigenvalue weighted by Gasteiger charge is 2.43. The molecule has 1 amide bonds. The Kier molecular flexibility index (Phi) is 4.71. The molecule has 1 atom stereocenters. The van der Waals surface area contributed by atoms with E-state index in [1.165, 1.54) is 0 Å². The highest BCUT2D eigenvalue weighted by atomic mass is 16.6. The van der Waals surface area contributed by atoms with Crippen molar-refractivity contribution in [3.05, 3.63) is 42.5 Å². The Morgan fingerprint density at radius 3 is 3.00 bits per heavy atom. The molecule has 26 heavy (non-hydrogen) atoms. The van der Waals surface area contributed by atoms with Gasteiger partial charge in [0.1, 0.15) is 12.2 Å². The number of amides is 1. The molecule has 0 aliphatic carbocycles. The summed E-state index contributed by atoms with van der Waals surface area (Å²) >= 11 is 0. The lowest BCUT2D eigenvalue weighted by molar-refractivity contribution is -0.146. The Hall–Kier alpha value is -2.29. The summed E-state index contributed by atoms with van der Waals surface area (Å²) in [6.07, 6.45) is 7.31. The van der Waals surface area contributed by atoms with Crippen molar-refractivity contribution in [1.29, 1.82) is 0 Å². The number of hydrogen-bond acceptors (Lipinski definition) is 6. The summed E-state index contributed by atoms with van der Waals surface area (Å²) in [5, 5.41) is 4.24. The average molecular weight is 357 g/mol. The van der Waals surface area contributed by atoms with Crippen LogP contribution in [0.3, 0.4) is 0 Å². The van der Waals surface area contributed by atoms with Gasteiger partial charge in [-0.15, -0.1) is 0 Å². The van der Waals surface area contributed by atoms with Crippen molar-refractivity contribution in [2.45, 2.75) is 12.1 Å². The fourth-order valence-corrected chi connectivity index (χ4v) is 3.58. The van der Waals surface area contributed by atoms with Gasteiger partial charge in [0, 0.05) is 44.6 Å². The third-order valence-electron chi connectivity index (χ3n) is 4.80. The standard InChI is InChI=1S/C18H23N5O3/c1-21-9-15(7-20-21)10-22-5-6-25-14-18(12-22)13-23(17(24)11-26-18)16-3-2-4-19-8-16/h2-4,7-9H,5-6,10-14H2,1H3. The number of hydrogen-bond donors (Lipinski definition) is 0. The van der Waals surface area contributed by atoms with E-state index in [-0.39, 0.29) is 12.5 Å². The molecule has 8 nitrogen and oxygen atoms in total. The maximum atomic E-state index is 12.4. The van der Waals surface area contributed by atoms with Gasteiger partial charge in [-0.3, -0.25) is 19.4 Å². The first-order chi connectivity index (χ1) is 12.6. The maximum absolute atomic E-state index is 12.4. The second kappa shape index (κ2) is 7.14. The number of pyridine rings is 1. The quantitative estimate of drug-likeness (QED) is 0.794. The smallest absolute Gasteiger partial charge is 0.253 e. The number of aromatic nitrogens is 3. The Balaban J connectivity index is 1.52. The Bertz CT molecular complexity index is 765. The van der Waals surface area contributed by atoms with E-state index in [1.54, 1.807) is 22.0 Å². The molecular formula is C18H23N5O3. The Morgan fingerprint density at radius 2 is 2.23 bits per heavy atom. The molecule has 2 aromatic heterocycles. The van der Waals surface area contributed by atoms with Crippen molar-refractivity contribution >= 4 is 11.6 Å². The summed E-state index contributed by atoms with van der Waals surface area (Å²) < 4.78 is 13.7. The van der Waals surface area contributed by atoms with Crippen LogP contribution in [0, 0.1) is 0 Å². The molecule has 4 rings (SSSR count). The van der Waals surface area contributed by atoms with Gasteiger partial charge < -0.3 is 14.4 Å². The van der Waals surface area contributed by atoms with Gasteiger partial charge in [-0.25, -0.2) is 0 Å². The van der Waals surface area contributed by atoms with E-state index in [0.717, 1.165) is 24.3 Å². The SMILES string of the molecule is Cn1cc(CN2CCOCC3(C2)CN(c2cccnc2)C(=O)CO3)cn1. The van der Waals surface area contributed by atoms with Crippen molar-refractivity contribution in [2.75, 3.05) is 44.4 Å². The molecule has 4 heterocycles. The van der Waals surface area contributed by atoms with Crippen molar-refractivity contribution in [1.82, 2.24) is 19.7 Å². The third kappa shape index (κ3) is 3.62. The van der Waals surface area contributed by atoms with Crippen LogP contribution in [0.4, 0.5) is 5.69 Å². The molecule has 8 heteroatoms. The Labute approximate surface area is 152 Å². The molecule has 2 saturated heterocycles. The summed E-state index contributed by atoms with van der Waals surface area (Å²) in [5.74, 6) is -0.0494. The van der Waals surface area contributed by atoms with Crippen LogP contribution < -0.4 is 4.90 Å². The van der Waals surface area contributed by atoms with Gasteiger partial charge in [-0.05, 0) is 12.1 Å². The summed E-state index contributed by atoms with van der Waals surface area (Å²) in [6.45, 7) is 3.93. The molecule has 0 aromatic carbocycles. The second-order valence-corrected chi connectivity index (χ2v) is 6.95. The second-order valence-electron chi connectivity index (χ2n) is 6.95. The minimum absolute atomic E-state index is 0.0494. The van der Waals surface area contributed by atoms with Gasteiger partial charge in [0.15, 0.2) is 0 Å². The van der Waals surface area contributed by atoms with E-state index >= 15 is 0 Å². The molecule has 2 fully saturated rings. The molecule has 2 aliphatic rings. The van der Waals surface area contributed by atoms with Gasteiger partial charge >= 0.3 is 0 Å². The van der Waals surface area contributed by atoms with Crippen LogP contribution in [0.2, 0.25) is 0 Å². The van der Waals surface area contributed by atoms with Gasteiger partial charge in [0.25, 0.3) is 5.91 Å². The van der Waals surface area contributed by atoms with Crippen LogP contribution in [0.1, 0.15) is 5.56 Å². The molecule has 0 N–H and O–H groups in total. The summed E-state index contributed by atoms with van der Waals surface area (Å²) in [5.41, 5.74) is 1.41. The predicted molar refractivity (Wildman–Crippen MR) is 94.6 cm³/mol. The summed E-state index contributed by atoms with van der Waals surface area (Å²) in [7, 11) is 1.91. The first kappa shape index (κ1) is 17.1. The largest absolute Gasteiger partial charge is 0.377 e. The maximum Gasteiger partial charge on any atom is 0.253 e. The number of carbonyl (C=O) groups excluding carboxylic acids is 1. The van der Waals surface area contributed by atoms with Crippen LogP contribution in [-0.4, -0.2) is 70.6 Å². The van der Waals surface area contributed by atoms with Crippen LogP contribution in [0.25, 0.3) is 0 Å². The highest BCUT2D eigenvalue weighted by Crippen LogP contribution is 2.27. The minimum Gasteiger partial charge on any atom is -0.377 e. The van der Waals surface area contributed by atoms with E-state index in [9.17, 15) is 4.79 Å². The van der Waals surface area contributed by atoms with Crippen molar-refractivity contribution in [2.24, 2.45) is 7.05 Å². The van der Waals surface area contributed by atoms with Crippen LogP contribution in [0.15, 0.2) is 36.9 Å².